The maximum absolute atomic E-state index is 12.1. The van der Waals surface area contributed by atoms with Crippen LogP contribution >= 0.6 is 0 Å². The van der Waals surface area contributed by atoms with E-state index >= 15 is 0 Å². The molecule has 1 aromatic rings. The first-order chi connectivity index (χ1) is 12.4. The third-order valence-electron chi connectivity index (χ3n) is 4.44. The van der Waals surface area contributed by atoms with Gasteiger partial charge in [-0.2, -0.15) is 0 Å². The summed E-state index contributed by atoms with van der Waals surface area (Å²) in [5.41, 5.74) is 1.18. The van der Waals surface area contributed by atoms with Crippen LogP contribution in [0.2, 0.25) is 0 Å². The van der Waals surface area contributed by atoms with Crippen molar-refractivity contribution >= 4 is 11.9 Å². The normalized spacial score (nSPS) is 18.8. The minimum atomic E-state index is 0.0120. The maximum atomic E-state index is 12.1. The van der Waals surface area contributed by atoms with Crippen LogP contribution in [-0.2, 0) is 4.79 Å². The van der Waals surface area contributed by atoms with Gasteiger partial charge in [0.2, 0.25) is 5.91 Å². The monoisotopic (exact) mass is 360 g/mol. The molecule has 0 saturated carbocycles. The number of likely N-dealkylation sites (tertiary alicyclic amines) is 1. The summed E-state index contributed by atoms with van der Waals surface area (Å²) in [6.45, 7) is 10.1. The molecule has 26 heavy (non-hydrogen) atoms. The summed E-state index contributed by atoms with van der Waals surface area (Å²) in [4.78, 5) is 18.3. The highest BCUT2D eigenvalue weighted by atomic mass is 16.5. The minimum absolute atomic E-state index is 0.0120. The number of nitrogens with one attached hydrogen (secondary N) is 2. The Labute approximate surface area is 157 Å². The SMILES string of the molecule is CN=C(NCC(C)Oc1cccc(C)c1)NC1CCN(C(=O)C(C)C)C1. The number of rotatable bonds is 6. The highest BCUT2D eigenvalue weighted by Crippen LogP contribution is 2.14. The molecule has 0 aromatic heterocycles. The number of guanidine groups is 1. The van der Waals surface area contributed by atoms with Gasteiger partial charge in [0, 0.05) is 32.1 Å². The predicted octanol–water partition coefficient (Wildman–Crippen LogP) is 2.18. The van der Waals surface area contributed by atoms with Gasteiger partial charge < -0.3 is 20.3 Å². The van der Waals surface area contributed by atoms with Crippen LogP contribution in [0.5, 0.6) is 5.75 Å². The Morgan fingerprint density at radius 3 is 2.81 bits per heavy atom. The average Bonchev–Trinajstić information content (AvgIpc) is 3.06. The van der Waals surface area contributed by atoms with Gasteiger partial charge in [-0.1, -0.05) is 26.0 Å². The number of amides is 1. The lowest BCUT2D eigenvalue weighted by molar-refractivity contribution is -0.133. The molecule has 1 saturated heterocycles. The second-order valence-electron chi connectivity index (χ2n) is 7.27. The zero-order valence-electron chi connectivity index (χ0n) is 16.6. The lowest BCUT2D eigenvalue weighted by Crippen LogP contribution is -2.47. The Balaban J connectivity index is 1.76. The van der Waals surface area contributed by atoms with Crippen molar-refractivity contribution < 1.29 is 9.53 Å². The lowest BCUT2D eigenvalue weighted by atomic mass is 10.2. The molecule has 0 radical (unpaired) electrons. The molecular formula is C20H32N4O2. The van der Waals surface area contributed by atoms with E-state index in [0.29, 0.717) is 6.54 Å². The third kappa shape index (κ3) is 5.93. The fourth-order valence-electron chi connectivity index (χ4n) is 3.03. The first kappa shape index (κ1) is 20.1. The van der Waals surface area contributed by atoms with Crippen molar-refractivity contribution in [1.29, 1.82) is 0 Å². The van der Waals surface area contributed by atoms with Crippen LogP contribution in [0.1, 0.15) is 32.8 Å². The van der Waals surface area contributed by atoms with Crippen LogP contribution in [0, 0.1) is 12.8 Å². The summed E-state index contributed by atoms with van der Waals surface area (Å²) in [5, 5.41) is 6.72. The molecule has 1 heterocycles. The summed E-state index contributed by atoms with van der Waals surface area (Å²) in [5.74, 6) is 1.89. The van der Waals surface area contributed by atoms with Crippen molar-refractivity contribution in [1.82, 2.24) is 15.5 Å². The highest BCUT2D eigenvalue weighted by Gasteiger charge is 2.27. The van der Waals surface area contributed by atoms with E-state index in [2.05, 4.69) is 28.6 Å². The van der Waals surface area contributed by atoms with Crippen molar-refractivity contribution in [2.24, 2.45) is 10.9 Å². The number of hydrogen-bond acceptors (Lipinski definition) is 3. The van der Waals surface area contributed by atoms with Crippen LogP contribution in [0.4, 0.5) is 0 Å². The third-order valence-corrected chi connectivity index (χ3v) is 4.44. The van der Waals surface area contributed by atoms with Crippen LogP contribution < -0.4 is 15.4 Å². The topological polar surface area (TPSA) is 66.0 Å². The summed E-state index contributed by atoms with van der Waals surface area (Å²) in [6.07, 6.45) is 0.951. The predicted molar refractivity (Wildman–Crippen MR) is 106 cm³/mol. The number of aryl methyl sites for hydroxylation is 1. The number of nitrogens with zero attached hydrogens (tertiary/aromatic N) is 2. The molecular weight excluding hydrogens is 328 g/mol. The molecule has 0 bridgehead atoms. The standard InChI is InChI=1S/C20H32N4O2/c1-14(2)19(25)24-10-9-17(13-24)23-20(21-5)22-12-16(4)26-18-8-6-7-15(3)11-18/h6-8,11,14,16-17H,9-10,12-13H2,1-5H3,(H2,21,22,23). The van der Waals surface area contributed by atoms with Gasteiger partial charge in [0.05, 0.1) is 6.54 Å². The van der Waals surface area contributed by atoms with Crippen LogP contribution in [0.15, 0.2) is 29.3 Å². The largest absolute Gasteiger partial charge is 0.489 e. The number of benzene rings is 1. The van der Waals surface area contributed by atoms with Crippen molar-refractivity contribution in [2.45, 2.75) is 46.3 Å². The van der Waals surface area contributed by atoms with Gasteiger partial charge in [0.1, 0.15) is 11.9 Å². The van der Waals surface area contributed by atoms with Crippen molar-refractivity contribution in [2.75, 3.05) is 26.7 Å². The number of hydrogen-bond donors (Lipinski definition) is 2. The molecule has 1 amide bonds. The number of carbonyl (C=O) groups is 1. The zero-order valence-corrected chi connectivity index (χ0v) is 16.6. The average molecular weight is 361 g/mol. The Morgan fingerprint density at radius 2 is 2.15 bits per heavy atom. The maximum Gasteiger partial charge on any atom is 0.225 e. The molecule has 2 rings (SSSR count). The molecule has 144 valence electrons. The van der Waals surface area contributed by atoms with E-state index in [-0.39, 0.29) is 24.0 Å². The van der Waals surface area contributed by atoms with Gasteiger partial charge in [-0.05, 0) is 38.0 Å². The summed E-state index contributed by atoms with van der Waals surface area (Å²) >= 11 is 0. The van der Waals surface area contributed by atoms with Crippen LogP contribution in [0.3, 0.4) is 0 Å². The van der Waals surface area contributed by atoms with Crippen molar-refractivity contribution in [3.05, 3.63) is 29.8 Å². The fourth-order valence-corrected chi connectivity index (χ4v) is 3.03. The molecule has 1 aromatic carbocycles. The first-order valence-corrected chi connectivity index (χ1v) is 9.38. The zero-order chi connectivity index (χ0) is 19.1. The molecule has 6 heteroatoms. The van der Waals surface area contributed by atoms with Gasteiger partial charge in [-0.15, -0.1) is 0 Å². The molecule has 2 unspecified atom stereocenters. The second kappa shape index (κ2) is 9.46. The molecule has 0 spiro atoms. The summed E-state index contributed by atoms with van der Waals surface area (Å²) < 4.78 is 5.94. The molecule has 2 N–H and O–H groups in total. The van der Waals surface area contributed by atoms with Crippen LogP contribution in [0.25, 0.3) is 0 Å². The van der Waals surface area contributed by atoms with E-state index < -0.39 is 0 Å². The van der Waals surface area contributed by atoms with E-state index in [1.165, 1.54) is 5.56 Å². The molecule has 1 aliphatic heterocycles. The summed E-state index contributed by atoms with van der Waals surface area (Å²) in [7, 11) is 1.76. The van der Waals surface area contributed by atoms with Gasteiger partial charge in [0.15, 0.2) is 5.96 Å². The molecule has 2 atom stereocenters. The Bertz CT molecular complexity index is 630. The van der Waals surface area contributed by atoms with E-state index in [0.717, 1.165) is 31.2 Å². The lowest BCUT2D eigenvalue weighted by Gasteiger charge is -2.21. The number of ether oxygens (including phenoxy) is 1. The van der Waals surface area contributed by atoms with E-state index in [9.17, 15) is 4.79 Å². The summed E-state index contributed by atoms with van der Waals surface area (Å²) in [6, 6.07) is 8.28. The smallest absolute Gasteiger partial charge is 0.225 e. The quantitative estimate of drug-likeness (QED) is 0.603. The van der Waals surface area contributed by atoms with E-state index in [1.54, 1.807) is 7.05 Å². The number of aliphatic imine (C=N–C) groups is 1. The van der Waals surface area contributed by atoms with Crippen molar-refractivity contribution in [3.63, 3.8) is 0 Å². The van der Waals surface area contributed by atoms with Gasteiger partial charge in [0.25, 0.3) is 0 Å². The van der Waals surface area contributed by atoms with Gasteiger partial charge in [-0.3, -0.25) is 9.79 Å². The Hall–Kier alpha value is -2.24. The molecule has 1 aliphatic rings. The molecule has 6 nitrogen and oxygen atoms in total. The van der Waals surface area contributed by atoms with Crippen LogP contribution in [-0.4, -0.2) is 55.6 Å². The number of carbonyl (C=O) groups excluding carboxylic acids is 1. The highest BCUT2D eigenvalue weighted by molar-refractivity contribution is 5.81. The van der Waals surface area contributed by atoms with Gasteiger partial charge >= 0.3 is 0 Å². The van der Waals surface area contributed by atoms with E-state index in [1.807, 2.05) is 43.9 Å². The Morgan fingerprint density at radius 1 is 1.38 bits per heavy atom. The van der Waals surface area contributed by atoms with Gasteiger partial charge in [-0.25, -0.2) is 0 Å². The van der Waals surface area contributed by atoms with E-state index in [4.69, 9.17) is 4.74 Å². The molecule has 1 fully saturated rings. The Kier molecular flexibility index (Phi) is 7.30. The first-order valence-electron chi connectivity index (χ1n) is 9.38. The fraction of sp³-hybridized carbons (Fsp3) is 0.600. The minimum Gasteiger partial charge on any atom is -0.489 e. The molecule has 0 aliphatic carbocycles. The second-order valence-corrected chi connectivity index (χ2v) is 7.27. The van der Waals surface area contributed by atoms with Crippen molar-refractivity contribution in [3.8, 4) is 5.75 Å².